The van der Waals surface area contributed by atoms with E-state index in [4.69, 9.17) is 17.3 Å². The van der Waals surface area contributed by atoms with Gasteiger partial charge in [-0.25, -0.2) is 13.3 Å². The Labute approximate surface area is 125 Å². The van der Waals surface area contributed by atoms with E-state index in [-0.39, 0.29) is 17.1 Å². The molecular formula is C13H16ClN3O2S. The van der Waals surface area contributed by atoms with Crippen molar-refractivity contribution in [3.8, 4) is 0 Å². The van der Waals surface area contributed by atoms with Gasteiger partial charge in [-0.2, -0.15) is 0 Å². The fraction of sp³-hybridized carbons (Fsp3) is 0.385. The van der Waals surface area contributed by atoms with Gasteiger partial charge in [-0.3, -0.25) is 4.79 Å². The van der Waals surface area contributed by atoms with Gasteiger partial charge < -0.3 is 5.73 Å². The summed E-state index contributed by atoms with van der Waals surface area (Å²) >= 11 is 6.54. The molecule has 20 heavy (non-hydrogen) atoms. The molecule has 0 bridgehead atoms. The third kappa shape index (κ3) is 3.39. The van der Waals surface area contributed by atoms with Crippen molar-refractivity contribution in [3.63, 3.8) is 0 Å². The smallest absolute Gasteiger partial charge is 0.326 e. The van der Waals surface area contributed by atoms with E-state index in [1.807, 2.05) is 24.3 Å². The van der Waals surface area contributed by atoms with E-state index < -0.39 is 0 Å². The van der Waals surface area contributed by atoms with Crippen LogP contribution in [-0.2, 0) is 19.6 Å². The predicted octanol–water partition coefficient (Wildman–Crippen LogP) is 1.21. The van der Waals surface area contributed by atoms with Crippen molar-refractivity contribution in [2.45, 2.75) is 26.1 Å². The number of alkyl halides is 1. The Morgan fingerprint density at radius 3 is 2.40 bits per heavy atom. The molecule has 0 aliphatic heterocycles. The number of benzene rings is 1. The van der Waals surface area contributed by atoms with E-state index in [1.54, 1.807) is 0 Å². The van der Waals surface area contributed by atoms with Crippen molar-refractivity contribution in [1.82, 2.24) is 8.52 Å². The molecule has 0 aliphatic rings. The molecule has 1 aromatic carbocycles. The lowest BCUT2D eigenvalue weighted by atomic mass is 10.1. The molecule has 108 valence electrons. The molecule has 2 N–H and O–H groups in total. The minimum Gasteiger partial charge on any atom is -0.326 e. The van der Waals surface area contributed by atoms with Gasteiger partial charge in [0.1, 0.15) is 0 Å². The maximum absolute atomic E-state index is 12.1. The lowest BCUT2D eigenvalue weighted by Crippen LogP contribution is -2.29. The van der Waals surface area contributed by atoms with Crippen molar-refractivity contribution < 1.29 is 0 Å². The number of rotatable bonds is 6. The second-order valence-electron chi connectivity index (χ2n) is 4.39. The molecule has 0 amide bonds. The minimum absolute atomic E-state index is 0.243. The van der Waals surface area contributed by atoms with Crippen LogP contribution in [0.15, 0.2) is 33.9 Å². The Morgan fingerprint density at radius 2 is 1.80 bits per heavy atom. The highest BCUT2D eigenvalue weighted by Gasteiger charge is 2.10. The topological polar surface area (TPSA) is 70.0 Å². The molecule has 0 saturated carbocycles. The Hall–Kier alpha value is -1.37. The summed E-state index contributed by atoms with van der Waals surface area (Å²) in [6, 6.07) is 7.57. The van der Waals surface area contributed by atoms with E-state index in [0.717, 1.165) is 22.7 Å². The molecule has 0 atom stereocenters. The molecule has 0 saturated heterocycles. The summed E-state index contributed by atoms with van der Waals surface area (Å²) in [6.07, 6.45) is 0.673. The number of halogens is 1. The second-order valence-corrected chi connectivity index (χ2v) is 5.74. The SMILES string of the molecule is NCc1ccc(Cn2c(=O)sn(CCCCl)c2=O)cc1. The van der Waals surface area contributed by atoms with Gasteiger partial charge in [0, 0.05) is 30.5 Å². The summed E-state index contributed by atoms with van der Waals surface area (Å²) < 4.78 is 2.70. The van der Waals surface area contributed by atoms with Crippen LogP contribution in [0.25, 0.3) is 0 Å². The van der Waals surface area contributed by atoms with Gasteiger partial charge >= 0.3 is 10.6 Å². The van der Waals surface area contributed by atoms with Crippen molar-refractivity contribution in [2.75, 3.05) is 5.88 Å². The standard InChI is InChI=1S/C13H16ClN3O2S/c14-6-1-7-17-12(18)16(13(19)20-17)9-11-4-2-10(8-15)3-5-11/h2-5H,1,6-9,15H2. The monoisotopic (exact) mass is 313 g/mol. The number of hydrogen-bond donors (Lipinski definition) is 1. The molecule has 5 nitrogen and oxygen atoms in total. The first-order valence-electron chi connectivity index (χ1n) is 6.30. The van der Waals surface area contributed by atoms with Crippen LogP contribution in [-0.4, -0.2) is 14.4 Å². The number of aromatic nitrogens is 2. The molecule has 0 spiro atoms. The predicted molar refractivity (Wildman–Crippen MR) is 81.6 cm³/mol. The molecule has 1 heterocycles. The third-order valence-corrected chi connectivity index (χ3v) is 4.15. The number of nitrogens with zero attached hydrogens (tertiary/aromatic N) is 2. The second kappa shape index (κ2) is 6.88. The zero-order valence-electron chi connectivity index (χ0n) is 10.9. The first kappa shape index (κ1) is 15.0. The highest BCUT2D eigenvalue weighted by atomic mass is 35.5. The van der Waals surface area contributed by atoms with Gasteiger partial charge in [0.2, 0.25) is 0 Å². The number of hydrogen-bond acceptors (Lipinski definition) is 4. The Kier molecular flexibility index (Phi) is 5.17. The van der Waals surface area contributed by atoms with Crippen LogP contribution in [0, 0.1) is 0 Å². The Bertz CT molecular complexity index is 672. The van der Waals surface area contributed by atoms with Gasteiger partial charge in [-0.05, 0) is 17.5 Å². The molecule has 0 radical (unpaired) electrons. The van der Waals surface area contributed by atoms with Gasteiger partial charge in [-0.1, -0.05) is 24.3 Å². The van der Waals surface area contributed by atoms with Crippen molar-refractivity contribution in [2.24, 2.45) is 5.73 Å². The van der Waals surface area contributed by atoms with Crippen molar-refractivity contribution in [3.05, 3.63) is 55.5 Å². The van der Waals surface area contributed by atoms with Gasteiger partial charge in [0.05, 0.1) is 6.54 Å². The molecule has 0 unspecified atom stereocenters. The number of nitrogens with two attached hydrogens (primary N) is 1. The zero-order chi connectivity index (χ0) is 14.5. The highest BCUT2D eigenvalue weighted by Crippen LogP contribution is 2.05. The van der Waals surface area contributed by atoms with Crippen LogP contribution < -0.4 is 16.3 Å². The Morgan fingerprint density at radius 1 is 1.15 bits per heavy atom. The maximum atomic E-state index is 12.1. The summed E-state index contributed by atoms with van der Waals surface area (Å²) in [5.41, 5.74) is 7.19. The van der Waals surface area contributed by atoms with Crippen LogP contribution in [0.5, 0.6) is 0 Å². The fourth-order valence-corrected chi connectivity index (χ4v) is 2.78. The molecule has 1 aromatic heterocycles. The van der Waals surface area contributed by atoms with Gasteiger partial charge in [-0.15, -0.1) is 11.6 Å². The summed E-state index contributed by atoms with van der Waals surface area (Å²) in [5.74, 6) is 0.471. The molecule has 0 fully saturated rings. The van der Waals surface area contributed by atoms with Crippen LogP contribution in [0.1, 0.15) is 17.5 Å². The summed E-state index contributed by atoms with van der Waals surface area (Å²) in [7, 11) is 0. The van der Waals surface area contributed by atoms with E-state index in [1.165, 1.54) is 8.52 Å². The average Bonchev–Trinajstić information content (AvgIpc) is 2.73. The molecule has 2 aromatic rings. The number of aryl methyl sites for hydroxylation is 1. The van der Waals surface area contributed by atoms with Gasteiger partial charge in [0.25, 0.3) is 0 Å². The Balaban J connectivity index is 2.22. The van der Waals surface area contributed by atoms with Crippen LogP contribution >= 0.6 is 23.1 Å². The molecule has 2 rings (SSSR count). The summed E-state index contributed by atoms with van der Waals surface area (Å²) in [4.78, 5) is 23.7. The van der Waals surface area contributed by atoms with E-state index >= 15 is 0 Å². The van der Waals surface area contributed by atoms with Crippen molar-refractivity contribution in [1.29, 1.82) is 0 Å². The molecule has 0 aliphatic carbocycles. The molecular weight excluding hydrogens is 298 g/mol. The van der Waals surface area contributed by atoms with E-state index in [2.05, 4.69) is 0 Å². The van der Waals surface area contributed by atoms with E-state index in [0.29, 0.717) is 25.4 Å². The van der Waals surface area contributed by atoms with Crippen molar-refractivity contribution >= 4 is 23.1 Å². The summed E-state index contributed by atoms with van der Waals surface area (Å²) in [5, 5.41) is 0. The third-order valence-electron chi connectivity index (χ3n) is 2.95. The quantitative estimate of drug-likeness (QED) is 0.815. The van der Waals surface area contributed by atoms with Gasteiger partial charge in [0.15, 0.2) is 0 Å². The van der Waals surface area contributed by atoms with E-state index in [9.17, 15) is 9.59 Å². The van der Waals surface area contributed by atoms with Crippen LogP contribution in [0.3, 0.4) is 0 Å². The summed E-state index contributed by atoms with van der Waals surface area (Å²) in [6.45, 7) is 1.25. The van der Waals surface area contributed by atoms with Crippen LogP contribution in [0.2, 0.25) is 0 Å². The molecule has 7 heteroatoms. The fourth-order valence-electron chi connectivity index (χ4n) is 1.84. The maximum Gasteiger partial charge on any atom is 0.341 e. The minimum atomic E-state index is -0.270. The normalized spacial score (nSPS) is 10.9. The largest absolute Gasteiger partial charge is 0.341 e. The lowest BCUT2D eigenvalue weighted by molar-refractivity contribution is 0.643. The van der Waals surface area contributed by atoms with Crippen LogP contribution in [0.4, 0.5) is 0 Å². The average molecular weight is 314 g/mol. The highest BCUT2D eigenvalue weighted by molar-refractivity contribution is 7.03. The first-order chi connectivity index (χ1) is 9.65. The lowest BCUT2D eigenvalue weighted by Gasteiger charge is -2.02. The first-order valence-corrected chi connectivity index (χ1v) is 7.61. The zero-order valence-corrected chi connectivity index (χ0v) is 12.5.